The first-order valence-corrected chi connectivity index (χ1v) is 8.33. The number of hydrogen-bond donors (Lipinski definition) is 1. The number of aromatic nitrogens is 3. The van der Waals surface area contributed by atoms with Gasteiger partial charge in [-0.3, -0.25) is 4.79 Å². The van der Waals surface area contributed by atoms with Crippen LogP contribution in [0.5, 0.6) is 0 Å². The van der Waals surface area contributed by atoms with E-state index in [1.165, 1.54) is 5.56 Å². The molecule has 1 aliphatic heterocycles. The Morgan fingerprint density at radius 3 is 2.79 bits per heavy atom. The van der Waals surface area contributed by atoms with Crippen LogP contribution in [0.15, 0.2) is 24.3 Å². The Balaban J connectivity index is 1.89. The Hall–Kier alpha value is -2.21. The highest BCUT2D eigenvalue weighted by molar-refractivity contribution is 5.91. The molecule has 0 bridgehead atoms. The maximum atomic E-state index is 12.5. The van der Waals surface area contributed by atoms with Gasteiger partial charge in [-0.1, -0.05) is 32.0 Å². The van der Waals surface area contributed by atoms with Gasteiger partial charge in [0, 0.05) is 6.61 Å². The molecule has 1 atom stereocenters. The van der Waals surface area contributed by atoms with Crippen LogP contribution in [0.25, 0.3) is 5.69 Å². The minimum atomic E-state index is -0.341. The number of benzene rings is 1. The summed E-state index contributed by atoms with van der Waals surface area (Å²) in [4.78, 5) is 16.9. The molecule has 3 rings (SSSR count). The van der Waals surface area contributed by atoms with Gasteiger partial charge in [0.15, 0.2) is 0 Å². The van der Waals surface area contributed by atoms with Gasteiger partial charge in [0.1, 0.15) is 5.82 Å². The third-order valence-electron chi connectivity index (χ3n) is 4.39. The lowest BCUT2D eigenvalue weighted by Gasteiger charge is -2.22. The summed E-state index contributed by atoms with van der Waals surface area (Å²) < 4.78 is 7.12. The predicted molar refractivity (Wildman–Crippen MR) is 91.5 cm³/mol. The third kappa shape index (κ3) is 3.19. The number of carbonyl (C=O) groups is 1. The van der Waals surface area contributed by atoms with E-state index in [4.69, 9.17) is 4.74 Å². The van der Waals surface area contributed by atoms with Crippen LogP contribution >= 0.6 is 0 Å². The van der Waals surface area contributed by atoms with E-state index in [1.54, 1.807) is 4.68 Å². The van der Waals surface area contributed by atoms with E-state index in [-0.39, 0.29) is 17.3 Å². The molecular weight excluding hydrogens is 304 g/mol. The van der Waals surface area contributed by atoms with Crippen LogP contribution in [0, 0.1) is 6.92 Å². The van der Waals surface area contributed by atoms with Gasteiger partial charge >= 0.3 is 0 Å². The molecule has 2 heterocycles. The molecule has 128 valence electrons. The Bertz CT molecular complexity index is 745. The van der Waals surface area contributed by atoms with Gasteiger partial charge in [0.25, 0.3) is 5.91 Å². The molecule has 1 fully saturated rings. The molecule has 1 aliphatic rings. The number of amides is 1. The van der Waals surface area contributed by atoms with Crippen molar-refractivity contribution in [1.82, 2.24) is 20.1 Å². The zero-order valence-corrected chi connectivity index (χ0v) is 14.7. The van der Waals surface area contributed by atoms with Crippen molar-refractivity contribution in [3.05, 3.63) is 41.5 Å². The average Bonchev–Trinajstić information content (AvgIpc) is 3.13. The van der Waals surface area contributed by atoms with E-state index < -0.39 is 0 Å². The average molecular weight is 328 g/mol. The van der Waals surface area contributed by atoms with Gasteiger partial charge in [-0.05, 0) is 37.8 Å². The van der Waals surface area contributed by atoms with Crippen molar-refractivity contribution in [2.45, 2.75) is 45.6 Å². The molecule has 0 saturated carbocycles. The van der Waals surface area contributed by atoms with Crippen LogP contribution in [-0.2, 0) is 4.74 Å². The molecule has 0 spiro atoms. The van der Waals surface area contributed by atoms with E-state index in [1.807, 2.05) is 32.0 Å². The lowest BCUT2D eigenvalue weighted by molar-refractivity contribution is 0.0879. The number of rotatable bonds is 4. The fourth-order valence-electron chi connectivity index (χ4n) is 2.98. The molecule has 2 aromatic rings. The van der Waals surface area contributed by atoms with Gasteiger partial charge in [-0.25, -0.2) is 9.67 Å². The molecule has 1 unspecified atom stereocenters. The molecule has 1 saturated heterocycles. The van der Waals surface area contributed by atoms with Crippen molar-refractivity contribution in [3.8, 4) is 5.69 Å². The minimum Gasteiger partial charge on any atom is -0.379 e. The highest BCUT2D eigenvalue weighted by atomic mass is 16.5. The van der Waals surface area contributed by atoms with E-state index >= 15 is 0 Å². The van der Waals surface area contributed by atoms with Crippen LogP contribution in [0.2, 0.25) is 0 Å². The maximum absolute atomic E-state index is 12.5. The molecule has 1 aromatic heterocycles. The summed E-state index contributed by atoms with van der Waals surface area (Å²) in [6, 6.07) is 8.07. The van der Waals surface area contributed by atoms with Gasteiger partial charge < -0.3 is 10.1 Å². The second-order valence-electron chi connectivity index (χ2n) is 6.93. The molecule has 0 radical (unpaired) electrons. The van der Waals surface area contributed by atoms with Crippen LogP contribution in [0.1, 0.15) is 55.1 Å². The number of carbonyl (C=O) groups excluding carboxylic acids is 1. The zero-order chi connectivity index (χ0) is 17.3. The fraction of sp³-hybridized carbons (Fsp3) is 0.500. The zero-order valence-electron chi connectivity index (χ0n) is 14.7. The van der Waals surface area contributed by atoms with Crippen molar-refractivity contribution in [1.29, 1.82) is 0 Å². The van der Waals surface area contributed by atoms with Crippen molar-refractivity contribution in [2.24, 2.45) is 0 Å². The smallest absolute Gasteiger partial charge is 0.291 e. The number of nitrogens with one attached hydrogen (secondary N) is 1. The first kappa shape index (κ1) is 16.6. The minimum absolute atomic E-state index is 0.194. The Morgan fingerprint density at radius 2 is 2.12 bits per heavy atom. The summed E-state index contributed by atoms with van der Waals surface area (Å²) in [5.41, 5.74) is 1.80. The highest BCUT2D eigenvalue weighted by Crippen LogP contribution is 2.23. The van der Waals surface area contributed by atoms with E-state index in [0.717, 1.165) is 12.1 Å². The van der Waals surface area contributed by atoms with Crippen LogP contribution < -0.4 is 5.32 Å². The molecule has 1 aromatic carbocycles. The summed E-state index contributed by atoms with van der Waals surface area (Å²) >= 11 is 0. The Labute approximate surface area is 142 Å². The van der Waals surface area contributed by atoms with E-state index in [2.05, 4.69) is 35.3 Å². The molecule has 6 nitrogen and oxygen atoms in total. The largest absolute Gasteiger partial charge is 0.379 e. The van der Waals surface area contributed by atoms with E-state index in [9.17, 15) is 4.79 Å². The third-order valence-corrected chi connectivity index (χ3v) is 4.39. The standard InChI is InChI=1S/C18H24N4O2/c1-12(2)14-7-5-6-8-15(14)22-13(3)19-16(21-22)17(23)20-18(4)9-10-24-11-18/h5-8,12H,9-11H2,1-4H3,(H,20,23). The van der Waals surface area contributed by atoms with Crippen molar-refractivity contribution in [2.75, 3.05) is 13.2 Å². The topological polar surface area (TPSA) is 69.0 Å². The Morgan fingerprint density at radius 1 is 1.38 bits per heavy atom. The highest BCUT2D eigenvalue weighted by Gasteiger charge is 2.32. The number of nitrogens with zero attached hydrogens (tertiary/aromatic N) is 3. The number of para-hydroxylation sites is 1. The lowest BCUT2D eigenvalue weighted by Crippen LogP contribution is -2.46. The second kappa shape index (κ2) is 6.36. The summed E-state index contributed by atoms with van der Waals surface area (Å²) in [7, 11) is 0. The fourth-order valence-corrected chi connectivity index (χ4v) is 2.98. The normalized spacial score (nSPS) is 20.5. The molecular formula is C18H24N4O2. The maximum Gasteiger partial charge on any atom is 0.291 e. The number of hydrogen-bond acceptors (Lipinski definition) is 4. The molecule has 24 heavy (non-hydrogen) atoms. The first-order valence-electron chi connectivity index (χ1n) is 8.33. The van der Waals surface area contributed by atoms with E-state index in [0.29, 0.717) is 25.0 Å². The van der Waals surface area contributed by atoms with Gasteiger partial charge in [-0.15, -0.1) is 5.10 Å². The number of ether oxygens (including phenoxy) is 1. The summed E-state index contributed by atoms with van der Waals surface area (Å²) in [6.07, 6.45) is 0.800. The summed E-state index contributed by atoms with van der Waals surface area (Å²) in [5.74, 6) is 0.990. The summed E-state index contributed by atoms with van der Waals surface area (Å²) in [5, 5.41) is 7.45. The molecule has 1 amide bonds. The van der Waals surface area contributed by atoms with Crippen molar-refractivity contribution >= 4 is 5.91 Å². The van der Waals surface area contributed by atoms with Crippen LogP contribution in [0.3, 0.4) is 0 Å². The first-order chi connectivity index (χ1) is 11.4. The van der Waals surface area contributed by atoms with Crippen LogP contribution in [0.4, 0.5) is 0 Å². The number of aryl methyl sites for hydroxylation is 1. The Kier molecular flexibility index (Phi) is 4.41. The lowest BCUT2D eigenvalue weighted by atomic mass is 10.0. The van der Waals surface area contributed by atoms with Crippen LogP contribution in [-0.4, -0.2) is 39.4 Å². The van der Waals surface area contributed by atoms with Gasteiger partial charge in [0.2, 0.25) is 5.82 Å². The predicted octanol–water partition coefficient (Wildman–Crippen LogP) is 2.61. The SMILES string of the molecule is Cc1nc(C(=O)NC2(C)CCOC2)nn1-c1ccccc1C(C)C. The quantitative estimate of drug-likeness (QED) is 0.937. The van der Waals surface area contributed by atoms with Gasteiger partial charge in [0.05, 0.1) is 17.8 Å². The molecule has 1 N–H and O–H groups in total. The second-order valence-corrected chi connectivity index (χ2v) is 6.93. The van der Waals surface area contributed by atoms with Crippen molar-refractivity contribution < 1.29 is 9.53 Å². The summed E-state index contributed by atoms with van der Waals surface area (Å²) in [6.45, 7) is 9.31. The molecule has 0 aliphatic carbocycles. The monoisotopic (exact) mass is 328 g/mol. The molecule has 6 heteroatoms. The van der Waals surface area contributed by atoms with Crippen molar-refractivity contribution in [3.63, 3.8) is 0 Å². The van der Waals surface area contributed by atoms with Gasteiger partial charge in [-0.2, -0.15) is 0 Å².